The van der Waals surface area contributed by atoms with E-state index in [1.54, 1.807) is 13.8 Å². The van der Waals surface area contributed by atoms with Crippen LogP contribution in [-0.2, 0) is 14.9 Å². The Morgan fingerprint density at radius 3 is 2.33 bits per heavy atom. The van der Waals surface area contributed by atoms with Crippen molar-refractivity contribution in [3.63, 3.8) is 0 Å². The highest BCUT2D eigenvalue weighted by Crippen LogP contribution is 1.99. The van der Waals surface area contributed by atoms with E-state index in [2.05, 4.69) is 4.72 Å². The lowest BCUT2D eigenvalue weighted by Crippen LogP contribution is -2.43. The van der Waals surface area contributed by atoms with Crippen molar-refractivity contribution in [1.29, 1.82) is 0 Å². The molecule has 1 atom stereocenters. The highest BCUT2D eigenvalue weighted by Gasteiger charge is 2.19. The lowest BCUT2D eigenvalue weighted by molar-refractivity contribution is 0.198. The van der Waals surface area contributed by atoms with Crippen LogP contribution in [0.5, 0.6) is 0 Å². The molecule has 5 nitrogen and oxygen atoms in total. The van der Waals surface area contributed by atoms with Gasteiger partial charge in [-0.25, -0.2) is 4.72 Å². The van der Waals surface area contributed by atoms with Gasteiger partial charge in [0.05, 0.1) is 12.0 Å². The summed E-state index contributed by atoms with van der Waals surface area (Å²) in [6, 6.07) is 0. The largest absolute Gasteiger partial charge is 0.383 e. The standard InChI is InChI=1S/C8H19ClN2O3S/c1-4-11(5-2)15(12,13)10-6-8(9)7-14-3/h8,10H,4-7H2,1-3H3. The Kier molecular flexibility index (Phi) is 7.46. The van der Waals surface area contributed by atoms with Crippen LogP contribution >= 0.6 is 11.6 Å². The third-order valence-corrected chi connectivity index (χ3v) is 3.89. The number of nitrogens with one attached hydrogen (secondary N) is 1. The van der Waals surface area contributed by atoms with Crippen molar-refractivity contribution in [2.24, 2.45) is 0 Å². The SMILES string of the molecule is CCN(CC)S(=O)(=O)NCC(Cl)COC. The van der Waals surface area contributed by atoms with Crippen molar-refractivity contribution in [1.82, 2.24) is 9.03 Å². The van der Waals surface area contributed by atoms with E-state index in [4.69, 9.17) is 16.3 Å². The van der Waals surface area contributed by atoms with Gasteiger partial charge in [-0.3, -0.25) is 0 Å². The molecule has 0 aromatic heterocycles. The molecule has 0 rings (SSSR count). The van der Waals surface area contributed by atoms with Gasteiger partial charge < -0.3 is 4.74 Å². The Morgan fingerprint density at radius 1 is 1.40 bits per heavy atom. The summed E-state index contributed by atoms with van der Waals surface area (Å²) in [5.74, 6) is 0. The molecule has 15 heavy (non-hydrogen) atoms. The Balaban J connectivity index is 4.14. The molecule has 0 spiro atoms. The van der Waals surface area contributed by atoms with Gasteiger partial charge in [-0.15, -0.1) is 11.6 Å². The van der Waals surface area contributed by atoms with E-state index < -0.39 is 10.2 Å². The highest BCUT2D eigenvalue weighted by atomic mass is 35.5. The zero-order chi connectivity index (χ0) is 11.9. The molecule has 0 aromatic carbocycles. The smallest absolute Gasteiger partial charge is 0.279 e. The van der Waals surface area contributed by atoms with Crippen LogP contribution in [-0.4, -0.2) is 51.5 Å². The van der Waals surface area contributed by atoms with Gasteiger partial charge in [0, 0.05) is 26.7 Å². The summed E-state index contributed by atoms with van der Waals surface area (Å²) < 4.78 is 31.8. The molecule has 0 aliphatic rings. The minimum absolute atomic E-state index is 0.175. The maximum atomic E-state index is 11.6. The van der Waals surface area contributed by atoms with Crippen LogP contribution in [0.2, 0.25) is 0 Å². The van der Waals surface area contributed by atoms with E-state index in [9.17, 15) is 8.42 Å². The van der Waals surface area contributed by atoms with Gasteiger partial charge in [-0.2, -0.15) is 12.7 Å². The van der Waals surface area contributed by atoms with E-state index in [0.717, 1.165) is 0 Å². The first-order chi connectivity index (χ1) is 6.97. The zero-order valence-electron chi connectivity index (χ0n) is 9.36. The summed E-state index contributed by atoms with van der Waals surface area (Å²) in [4.78, 5) is 0. The second-order valence-corrected chi connectivity index (χ2v) is 5.36. The van der Waals surface area contributed by atoms with Crippen LogP contribution < -0.4 is 4.72 Å². The molecular weight excluding hydrogens is 240 g/mol. The lowest BCUT2D eigenvalue weighted by atomic mass is 10.5. The summed E-state index contributed by atoms with van der Waals surface area (Å²) >= 11 is 5.81. The predicted molar refractivity (Wildman–Crippen MR) is 61.4 cm³/mol. The van der Waals surface area contributed by atoms with E-state index >= 15 is 0 Å². The Labute approximate surface area is 96.9 Å². The maximum Gasteiger partial charge on any atom is 0.279 e. The third-order valence-electron chi connectivity index (χ3n) is 1.88. The molecule has 0 aliphatic carbocycles. The number of methoxy groups -OCH3 is 1. The van der Waals surface area contributed by atoms with E-state index in [0.29, 0.717) is 19.7 Å². The monoisotopic (exact) mass is 258 g/mol. The average Bonchev–Trinajstić information content (AvgIpc) is 2.17. The average molecular weight is 259 g/mol. The summed E-state index contributed by atoms with van der Waals surface area (Å²) in [7, 11) is -1.87. The molecule has 0 fully saturated rings. The van der Waals surface area contributed by atoms with Crippen molar-refractivity contribution < 1.29 is 13.2 Å². The first kappa shape index (κ1) is 15.1. The molecule has 1 unspecified atom stereocenters. The minimum atomic E-state index is -3.39. The second kappa shape index (κ2) is 7.40. The quantitative estimate of drug-likeness (QED) is 0.642. The number of hydrogen-bond acceptors (Lipinski definition) is 3. The molecule has 7 heteroatoms. The fourth-order valence-corrected chi connectivity index (χ4v) is 2.66. The molecule has 92 valence electrons. The fourth-order valence-electron chi connectivity index (χ4n) is 1.09. The predicted octanol–water partition coefficient (Wildman–Crippen LogP) is 0.416. The number of alkyl halides is 1. The van der Waals surface area contributed by atoms with Crippen LogP contribution in [0.1, 0.15) is 13.8 Å². The number of hydrogen-bond donors (Lipinski definition) is 1. The van der Waals surface area contributed by atoms with Crippen LogP contribution in [0.3, 0.4) is 0 Å². The Morgan fingerprint density at radius 2 is 1.93 bits per heavy atom. The molecule has 0 saturated heterocycles. The molecule has 0 saturated carbocycles. The van der Waals surface area contributed by atoms with Crippen molar-refractivity contribution in [3.8, 4) is 0 Å². The molecule has 0 aliphatic heterocycles. The number of halogens is 1. The molecule has 0 heterocycles. The van der Waals surface area contributed by atoms with Crippen molar-refractivity contribution in [2.75, 3.05) is 33.4 Å². The first-order valence-corrected chi connectivity index (χ1v) is 6.73. The topological polar surface area (TPSA) is 58.6 Å². The van der Waals surface area contributed by atoms with Gasteiger partial charge in [0.15, 0.2) is 0 Å². The Bertz CT molecular complexity index is 255. The van der Waals surface area contributed by atoms with Crippen molar-refractivity contribution in [2.45, 2.75) is 19.2 Å². The van der Waals surface area contributed by atoms with Crippen molar-refractivity contribution in [3.05, 3.63) is 0 Å². The molecule has 0 amide bonds. The van der Waals surface area contributed by atoms with Crippen LogP contribution in [0.4, 0.5) is 0 Å². The highest BCUT2D eigenvalue weighted by molar-refractivity contribution is 7.87. The zero-order valence-corrected chi connectivity index (χ0v) is 10.9. The van der Waals surface area contributed by atoms with Crippen LogP contribution in [0.15, 0.2) is 0 Å². The molecule has 1 N–H and O–H groups in total. The number of nitrogens with zero attached hydrogens (tertiary/aromatic N) is 1. The third kappa shape index (κ3) is 5.67. The fraction of sp³-hybridized carbons (Fsp3) is 1.00. The van der Waals surface area contributed by atoms with Crippen LogP contribution in [0, 0.1) is 0 Å². The lowest BCUT2D eigenvalue weighted by Gasteiger charge is -2.19. The number of ether oxygens (including phenoxy) is 1. The van der Waals surface area contributed by atoms with Crippen LogP contribution in [0.25, 0.3) is 0 Å². The minimum Gasteiger partial charge on any atom is -0.383 e. The van der Waals surface area contributed by atoms with Gasteiger partial charge >= 0.3 is 0 Å². The molecule has 0 bridgehead atoms. The molecule has 0 aromatic rings. The molecular formula is C8H19ClN2O3S. The molecule has 0 radical (unpaired) electrons. The Hall–Kier alpha value is 0.120. The summed E-state index contributed by atoms with van der Waals surface area (Å²) in [5.41, 5.74) is 0. The van der Waals surface area contributed by atoms with Crippen molar-refractivity contribution >= 4 is 21.8 Å². The van der Waals surface area contributed by atoms with E-state index in [-0.39, 0.29) is 11.9 Å². The van der Waals surface area contributed by atoms with E-state index in [1.165, 1.54) is 11.4 Å². The van der Waals surface area contributed by atoms with Gasteiger partial charge in [0.2, 0.25) is 0 Å². The normalized spacial score (nSPS) is 14.5. The van der Waals surface area contributed by atoms with Gasteiger partial charge in [-0.05, 0) is 0 Å². The van der Waals surface area contributed by atoms with Gasteiger partial charge in [-0.1, -0.05) is 13.8 Å². The second-order valence-electron chi connectivity index (χ2n) is 2.99. The summed E-state index contributed by atoms with van der Waals surface area (Å²) in [5, 5.41) is -0.347. The summed E-state index contributed by atoms with van der Waals surface area (Å²) in [6.07, 6.45) is 0. The van der Waals surface area contributed by atoms with Gasteiger partial charge in [0.1, 0.15) is 0 Å². The number of rotatable bonds is 8. The maximum absolute atomic E-state index is 11.6. The van der Waals surface area contributed by atoms with E-state index in [1.807, 2.05) is 0 Å². The van der Waals surface area contributed by atoms with Gasteiger partial charge in [0.25, 0.3) is 10.2 Å². The first-order valence-electron chi connectivity index (χ1n) is 4.85. The summed E-state index contributed by atoms with van der Waals surface area (Å²) in [6.45, 7) is 4.97.